The van der Waals surface area contributed by atoms with Crippen LogP contribution in [0.25, 0.3) is 0 Å². The van der Waals surface area contributed by atoms with Gasteiger partial charge in [-0.2, -0.15) is 23.1 Å². The van der Waals surface area contributed by atoms with E-state index in [0.29, 0.717) is 5.69 Å². The SMILES string of the molecule is NC(=O)c1cnn(Nc2ccc(C(F)(F)F)cc2)c1. The third-order valence-electron chi connectivity index (χ3n) is 2.32. The van der Waals surface area contributed by atoms with Crippen LogP contribution in [0, 0.1) is 0 Å². The van der Waals surface area contributed by atoms with E-state index in [-0.39, 0.29) is 5.56 Å². The third-order valence-corrected chi connectivity index (χ3v) is 2.32. The Morgan fingerprint density at radius 2 is 1.89 bits per heavy atom. The van der Waals surface area contributed by atoms with Crippen LogP contribution in [0.4, 0.5) is 18.9 Å². The lowest BCUT2D eigenvalue weighted by Gasteiger charge is -2.09. The molecular formula is C11H9F3N4O. The molecule has 8 heteroatoms. The summed E-state index contributed by atoms with van der Waals surface area (Å²) in [6.45, 7) is 0. The monoisotopic (exact) mass is 270 g/mol. The summed E-state index contributed by atoms with van der Waals surface area (Å²) in [4.78, 5) is 12.0. The molecule has 0 fully saturated rings. The number of benzene rings is 1. The molecular weight excluding hydrogens is 261 g/mol. The molecule has 0 saturated heterocycles. The van der Waals surface area contributed by atoms with Crippen molar-refractivity contribution in [1.29, 1.82) is 0 Å². The van der Waals surface area contributed by atoms with Crippen LogP contribution in [0.15, 0.2) is 36.7 Å². The third kappa shape index (κ3) is 3.03. The number of anilines is 1. The molecule has 100 valence electrons. The molecule has 0 atom stereocenters. The fourth-order valence-corrected chi connectivity index (χ4v) is 1.38. The van der Waals surface area contributed by atoms with Gasteiger partial charge in [0.05, 0.1) is 29.2 Å². The van der Waals surface area contributed by atoms with Crippen LogP contribution in [0.3, 0.4) is 0 Å². The minimum Gasteiger partial charge on any atom is -0.365 e. The number of alkyl halides is 3. The normalized spacial score (nSPS) is 11.3. The molecule has 1 amide bonds. The standard InChI is InChI=1S/C11H9F3N4O/c12-11(13,14)8-1-3-9(4-2-8)17-18-6-7(5-16-18)10(15)19/h1-6,17H,(H2,15,19). The van der Waals surface area contributed by atoms with Gasteiger partial charge in [0.15, 0.2) is 0 Å². The Labute approximate surface area is 105 Å². The van der Waals surface area contributed by atoms with Crippen molar-refractivity contribution < 1.29 is 18.0 Å². The highest BCUT2D eigenvalue weighted by Gasteiger charge is 2.29. The van der Waals surface area contributed by atoms with E-state index in [1.54, 1.807) is 0 Å². The number of nitrogens with two attached hydrogens (primary N) is 1. The Balaban J connectivity index is 2.13. The van der Waals surface area contributed by atoms with Crippen molar-refractivity contribution >= 4 is 11.6 Å². The predicted octanol–water partition coefficient (Wildman–Crippen LogP) is 1.88. The molecule has 0 unspecified atom stereocenters. The van der Waals surface area contributed by atoms with E-state index in [9.17, 15) is 18.0 Å². The molecule has 0 bridgehead atoms. The molecule has 1 aromatic heterocycles. The van der Waals surface area contributed by atoms with Crippen molar-refractivity contribution in [2.75, 3.05) is 5.43 Å². The average molecular weight is 270 g/mol. The summed E-state index contributed by atoms with van der Waals surface area (Å²) in [7, 11) is 0. The number of halogens is 3. The van der Waals surface area contributed by atoms with E-state index < -0.39 is 17.6 Å². The number of hydrogen-bond acceptors (Lipinski definition) is 3. The van der Waals surface area contributed by atoms with Crippen molar-refractivity contribution in [3.05, 3.63) is 47.8 Å². The maximum Gasteiger partial charge on any atom is 0.416 e. The number of carbonyl (C=O) groups excluding carboxylic acids is 1. The first-order chi connectivity index (χ1) is 8.86. The molecule has 1 heterocycles. The number of amides is 1. The molecule has 0 aliphatic rings. The van der Waals surface area contributed by atoms with Gasteiger partial charge in [0.25, 0.3) is 5.91 Å². The first-order valence-corrected chi connectivity index (χ1v) is 5.15. The maximum atomic E-state index is 12.3. The number of hydrogen-bond donors (Lipinski definition) is 2. The molecule has 1 aromatic carbocycles. The minimum atomic E-state index is -4.37. The van der Waals surface area contributed by atoms with Gasteiger partial charge in [-0.15, -0.1) is 0 Å². The molecule has 0 saturated carbocycles. The second-order valence-electron chi connectivity index (χ2n) is 3.72. The Bertz CT molecular complexity index is 589. The number of rotatable bonds is 3. The number of nitrogens with zero attached hydrogens (tertiary/aromatic N) is 2. The number of primary amides is 1. The van der Waals surface area contributed by atoms with Gasteiger partial charge in [-0.3, -0.25) is 10.2 Å². The van der Waals surface area contributed by atoms with Gasteiger partial charge in [0.2, 0.25) is 0 Å². The molecule has 2 rings (SSSR count). The van der Waals surface area contributed by atoms with Crippen LogP contribution in [0.5, 0.6) is 0 Å². The lowest BCUT2D eigenvalue weighted by atomic mass is 10.2. The maximum absolute atomic E-state index is 12.3. The second kappa shape index (κ2) is 4.63. The van der Waals surface area contributed by atoms with Gasteiger partial charge in [0.1, 0.15) is 0 Å². The fourth-order valence-electron chi connectivity index (χ4n) is 1.38. The highest BCUT2D eigenvalue weighted by Crippen LogP contribution is 2.29. The van der Waals surface area contributed by atoms with E-state index >= 15 is 0 Å². The van der Waals surface area contributed by atoms with E-state index in [4.69, 9.17) is 5.73 Å². The van der Waals surface area contributed by atoms with Crippen LogP contribution in [-0.2, 0) is 6.18 Å². The van der Waals surface area contributed by atoms with E-state index in [2.05, 4.69) is 10.5 Å². The summed E-state index contributed by atoms with van der Waals surface area (Å²) in [6, 6.07) is 4.41. The lowest BCUT2D eigenvalue weighted by Crippen LogP contribution is -2.12. The molecule has 3 N–H and O–H groups in total. The number of aromatic nitrogens is 2. The second-order valence-corrected chi connectivity index (χ2v) is 3.72. The van der Waals surface area contributed by atoms with E-state index in [0.717, 1.165) is 12.1 Å². The lowest BCUT2D eigenvalue weighted by molar-refractivity contribution is -0.137. The topological polar surface area (TPSA) is 72.9 Å². The summed E-state index contributed by atoms with van der Waals surface area (Å²) in [5.41, 5.74) is 7.58. The molecule has 0 radical (unpaired) electrons. The zero-order chi connectivity index (χ0) is 14.0. The van der Waals surface area contributed by atoms with Crippen LogP contribution in [0.2, 0.25) is 0 Å². The van der Waals surface area contributed by atoms with Crippen molar-refractivity contribution in [3.8, 4) is 0 Å². The average Bonchev–Trinajstić information content (AvgIpc) is 2.77. The fraction of sp³-hybridized carbons (Fsp3) is 0.0909. The van der Waals surface area contributed by atoms with Gasteiger partial charge in [0, 0.05) is 0 Å². The van der Waals surface area contributed by atoms with Crippen LogP contribution in [0.1, 0.15) is 15.9 Å². The molecule has 0 aliphatic heterocycles. The van der Waals surface area contributed by atoms with Gasteiger partial charge in [-0.25, -0.2) is 0 Å². The van der Waals surface area contributed by atoms with Gasteiger partial charge in [-0.05, 0) is 24.3 Å². The molecule has 2 aromatic rings. The Hall–Kier alpha value is -2.51. The van der Waals surface area contributed by atoms with Gasteiger partial charge >= 0.3 is 6.18 Å². The van der Waals surface area contributed by atoms with Gasteiger partial charge < -0.3 is 5.73 Å². The summed E-state index contributed by atoms with van der Waals surface area (Å²) in [5.74, 6) is -0.638. The Morgan fingerprint density at radius 3 is 2.37 bits per heavy atom. The van der Waals surface area contributed by atoms with Crippen molar-refractivity contribution in [3.63, 3.8) is 0 Å². The summed E-state index contributed by atoms with van der Waals surface area (Å²) >= 11 is 0. The van der Waals surface area contributed by atoms with Crippen molar-refractivity contribution in [1.82, 2.24) is 9.89 Å². The van der Waals surface area contributed by atoms with Crippen LogP contribution < -0.4 is 11.2 Å². The predicted molar refractivity (Wildman–Crippen MR) is 61.2 cm³/mol. The summed E-state index contributed by atoms with van der Waals surface area (Å²) in [6.07, 6.45) is -1.79. The highest BCUT2D eigenvalue weighted by molar-refractivity contribution is 5.92. The largest absolute Gasteiger partial charge is 0.416 e. The summed E-state index contributed by atoms with van der Waals surface area (Å²) in [5, 5.41) is 3.79. The van der Waals surface area contributed by atoms with Crippen LogP contribution >= 0.6 is 0 Å². The van der Waals surface area contributed by atoms with Crippen molar-refractivity contribution in [2.24, 2.45) is 5.73 Å². The smallest absolute Gasteiger partial charge is 0.365 e. The summed E-state index contributed by atoms with van der Waals surface area (Å²) < 4.78 is 37.0. The minimum absolute atomic E-state index is 0.194. The zero-order valence-electron chi connectivity index (χ0n) is 9.48. The molecule has 5 nitrogen and oxygen atoms in total. The van der Waals surface area contributed by atoms with Gasteiger partial charge in [-0.1, -0.05) is 0 Å². The Morgan fingerprint density at radius 1 is 1.26 bits per heavy atom. The molecule has 19 heavy (non-hydrogen) atoms. The van der Waals surface area contributed by atoms with Crippen molar-refractivity contribution in [2.45, 2.75) is 6.18 Å². The highest BCUT2D eigenvalue weighted by atomic mass is 19.4. The number of carbonyl (C=O) groups is 1. The first-order valence-electron chi connectivity index (χ1n) is 5.15. The molecule has 0 aliphatic carbocycles. The Kier molecular flexibility index (Phi) is 3.16. The van der Waals surface area contributed by atoms with Crippen LogP contribution in [-0.4, -0.2) is 15.8 Å². The first kappa shape index (κ1) is 12.9. The van der Waals surface area contributed by atoms with E-state index in [1.165, 1.54) is 29.3 Å². The quantitative estimate of drug-likeness (QED) is 0.894. The molecule has 0 spiro atoms. The zero-order valence-corrected chi connectivity index (χ0v) is 9.48. The van der Waals surface area contributed by atoms with E-state index in [1.807, 2.05) is 0 Å². The number of nitrogens with one attached hydrogen (secondary N) is 1.